The second-order valence-electron chi connectivity index (χ2n) is 6.71. The fraction of sp³-hybridized carbons (Fsp3) is 0.381. The number of ether oxygens (including phenoxy) is 4. The Bertz CT molecular complexity index is 847. The molecule has 1 aliphatic heterocycles. The predicted octanol–water partition coefficient (Wildman–Crippen LogP) is 5.28. The average molecular weight is 428 g/mol. The Hall–Kier alpha value is -2.81. The smallest absolute Gasteiger partial charge is 0.494 e. The minimum atomic E-state index is -5.02. The summed E-state index contributed by atoms with van der Waals surface area (Å²) >= 11 is 0. The monoisotopic (exact) mass is 428 g/mol. The molecule has 162 valence electrons. The molecule has 1 unspecified atom stereocenters. The fourth-order valence-electron chi connectivity index (χ4n) is 2.68. The lowest BCUT2D eigenvalue weighted by Gasteiger charge is -2.11. The molecule has 1 saturated heterocycles. The molecule has 0 amide bonds. The Morgan fingerprint density at radius 3 is 2.37 bits per heavy atom. The third-order valence-corrected chi connectivity index (χ3v) is 4.27. The highest BCUT2D eigenvalue weighted by molar-refractivity contribution is 5.91. The number of benzene rings is 2. The van der Waals surface area contributed by atoms with Crippen LogP contribution in [0.25, 0.3) is 0 Å². The maximum Gasteiger partial charge on any atom is 0.573 e. The quantitative estimate of drug-likeness (QED) is 0.169. The van der Waals surface area contributed by atoms with Crippen LogP contribution in [0.4, 0.5) is 17.6 Å². The molecule has 0 saturated carbocycles. The molecule has 5 nitrogen and oxygen atoms in total. The maximum absolute atomic E-state index is 13.7. The Morgan fingerprint density at radius 2 is 1.73 bits per heavy atom. The number of alkyl halides is 3. The summed E-state index contributed by atoms with van der Waals surface area (Å²) in [5.41, 5.74) is 0.183. The highest BCUT2D eigenvalue weighted by atomic mass is 19.4. The molecule has 1 atom stereocenters. The molecule has 1 aliphatic rings. The van der Waals surface area contributed by atoms with Gasteiger partial charge in [0.15, 0.2) is 11.6 Å². The number of esters is 1. The topological polar surface area (TPSA) is 57.3 Å². The van der Waals surface area contributed by atoms with Gasteiger partial charge in [-0.15, -0.1) is 13.2 Å². The number of unbranched alkanes of at least 4 members (excludes halogenated alkanes) is 2. The number of rotatable bonds is 10. The van der Waals surface area contributed by atoms with Crippen molar-refractivity contribution in [3.8, 4) is 17.2 Å². The van der Waals surface area contributed by atoms with Crippen molar-refractivity contribution in [1.29, 1.82) is 0 Å². The van der Waals surface area contributed by atoms with Crippen LogP contribution in [0.2, 0.25) is 0 Å². The third kappa shape index (κ3) is 7.22. The molecule has 0 aliphatic carbocycles. The summed E-state index contributed by atoms with van der Waals surface area (Å²) in [7, 11) is 0. The molecule has 0 bridgehead atoms. The fourth-order valence-corrected chi connectivity index (χ4v) is 2.68. The molecule has 0 N–H and O–H groups in total. The van der Waals surface area contributed by atoms with E-state index in [0.717, 1.165) is 44.4 Å². The van der Waals surface area contributed by atoms with Crippen molar-refractivity contribution in [2.24, 2.45) is 0 Å². The summed E-state index contributed by atoms with van der Waals surface area (Å²) < 4.78 is 69.4. The molecule has 0 spiro atoms. The van der Waals surface area contributed by atoms with Crippen LogP contribution in [0.5, 0.6) is 17.2 Å². The van der Waals surface area contributed by atoms with E-state index in [1.54, 1.807) is 12.1 Å². The van der Waals surface area contributed by atoms with E-state index in [4.69, 9.17) is 14.2 Å². The van der Waals surface area contributed by atoms with Crippen LogP contribution in [0.3, 0.4) is 0 Å². The largest absolute Gasteiger partial charge is 0.573 e. The van der Waals surface area contributed by atoms with Gasteiger partial charge >= 0.3 is 12.3 Å². The Kier molecular flexibility index (Phi) is 7.15. The maximum atomic E-state index is 13.7. The van der Waals surface area contributed by atoms with Crippen LogP contribution in [-0.2, 0) is 4.74 Å². The van der Waals surface area contributed by atoms with Gasteiger partial charge in [-0.2, -0.15) is 0 Å². The lowest BCUT2D eigenvalue weighted by molar-refractivity contribution is -0.275. The number of hydrogen-bond acceptors (Lipinski definition) is 5. The van der Waals surface area contributed by atoms with E-state index in [9.17, 15) is 22.4 Å². The van der Waals surface area contributed by atoms with Crippen LogP contribution in [0, 0.1) is 5.82 Å². The van der Waals surface area contributed by atoms with Crippen molar-refractivity contribution >= 4 is 5.97 Å². The second kappa shape index (κ2) is 9.80. The number of carbonyl (C=O) groups excluding carboxylic acids is 1. The van der Waals surface area contributed by atoms with E-state index in [2.05, 4.69) is 4.74 Å². The Balaban J connectivity index is 1.45. The van der Waals surface area contributed by atoms with E-state index in [1.165, 1.54) is 12.1 Å². The zero-order valence-electron chi connectivity index (χ0n) is 15.9. The summed E-state index contributed by atoms with van der Waals surface area (Å²) in [6.07, 6.45) is -0.430. The summed E-state index contributed by atoms with van der Waals surface area (Å²) in [5.74, 6) is -2.75. The normalized spacial score (nSPS) is 15.5. The second-order valence-corrected chi connectivity index (χ2v) is 6.71. The highest BCUT2D eigenvalue weighted by Gasteiger charge is 2.32. The standard InChI is InChI=1S/C21H20F4O5/c22-18-12-16(9-10-19(18)30-21(23,24)25)29-20(26)14-5-7-15(8-6-14)27-11-3-1-2-4-17-13-28-17/h5-10,12,17H,1-4,11,13H2. The predicted molar refractivity (Wildman–Crippen MR) is 98.2 cm³/mol. The zero-order valence-corrected chi connectivity index (χ0v) is 15.9. The minimum Gasteiger partial charge on any atom is -0.494 e. The van der Waals surface area contributed by atoms with Crippen molar-refractivity contribution in [3.63, 3.8) is 0 Å². The van der Waals surface area contributed by atoms with Crippen molar-refractivity contribution in [1.82, 2.24) is 0 Å². The molecule has 3 rings (SSSR count). The molecule has 0 aromatic heterocycles. The minimum absolute atomic E-state index is 0.183. The Morgan fingerprint density at radius 1 is 1.03 bits per heavy atom. The van der Waals surface area contributed by atoms with Crippen molar-refractivity contribution in [2.75, 3.05) is 13.2 Å². The van der Waals surface area contributed by atoms with Crippen LogP contribution in [-0.4, -0.2) is 31.6 Å². The summed E-state index contributed by atoms with van der Waals surface area (Å²) in [4.78, 5) is 12.1. The number of halogens is 4. The van der Waals surface area contributed by atoms with Crippen LogP contribution < -0.4 is 14.2 Å². The van der Waals surface area contributed by atoms with E-state index >= 15 is 0 Å². The number of carbonyl (C=O) groups is 1. The highest BCUT2D eigenvalue weighted by Crippen LogP contribution is 2.28. The summed E-state index contributed by atoms with van der Waals surface area (Å²) in [5, 5.41) is 0. The van der Waals surface area contributed by atoms with E-state index in [1.807, 2.05) is 0 Å². The molecule has 1 heterocycles. The van der Waals surface area contributed by atoms with Gasteiger partial charge in [0.1, 0.15) is 11.5 Å². The van der Waals surface area contributed by atoms with Crippen molar-refractivity contribution < 1.29 is 41.3 Å². The first-order chi connectivity index (χ1) is 14.3. The molecular weight excluding hydrogens is 408 g/mol. The zero-order chi connectivity index (χ0) is 21.6. The molecule has 2 aromatic carbocycles. The van der Waals surface area contributed by atoms with Gasteiger partial charge in [0.25, 0.3) is 0 Å². The van der Waals surface area contributed by atoms with Crippen LogP contribution in [0.15, 0.2) is 42.5 Å². The van der Waals surface area contributed by atoms with E-state index < -0.39 is 23.9 Å². The molecule has 2 aromatic rings. The molecule has 9 heteroatoms. The first-order valence-electron chi connectivity index (χ1n) is 9.42. The first-order valence-corrected chi connectivity index (χ1v) is 9.42. The van der Waals surface area contributed by atoms with Gasteiger partial charge in [0.2, 0.25) is 0 Å². The van der Waals surface area contributed by atoms with Crippen molar-refractivity contribution in [2.45, 2.75) is 38.1 Å². The van der Waals surface area contributed by atoms with Gasteiger partial charge in [0, 0.05) is 6.07 Å². The van der Waals surface area contributed by atoms with Gasteiger partial charge in [-0.05, 0) is 55.7 Å². The van der Waals surface area contributed by atoms with Crippen LogP contribution in [0.1, 0.15) is 36.0 Å². The van der Waals surface area contributed by atoms with Gasteiger partial charge in [0.05, 0.1) is 24.9 Å². The lowest BCUT2D eigenvalue weighted by atomic mass is 10.1. The molecule has 30 heavy (non-hydrogen) atoms. The van der Waals surface area contributed by atoms with Crippen LogP contribution >= 0.6 is 0 Å². The summed E-state index contributed by atoms with van der Waals surface area (Å²) in [6, 6.07) is 8.57. The lowest BCUT2D eigenvalue weighted by Crippen LogP contribution is -2.18. The van der Waals surface area contributed by atoms with Gasteiger partial charge in [-0.3, -0.25) is 0 Å². The van der Waals surface area contributed by atoms with E-state index in [-0.39, 0.29) is 11.3 Å². The van der Waals surface area contributed by atoms with Crippen molar-refractivity contribution in [3.05, 3.63) is 53.8 Å². The van der Waals surface area contributed by atoms with Gasteiger partial charge in [-0.25, -0.2) is 9.18 Å². The SMILES string of the molecule is O=C(Oc1ccc(OC(F)(F)F)c(F)c1)c1ccc(OCCCCCC2CO2)cc1. The Labute approximate surface area is 170 Å². The number of hydrogen-bond donors (Lipinski definition) is 0. The molecule has 0 radical (unpaired) electrons. The average Bonchev–Trinajstić information content (AvgIpc) is 3.51. The van der Waals surface area contributed by atoms with E-state index in [0.29, 0.717) is 24.5 Å². The molecule has 1 fully saturated rings. The van der Waals surface area contributed by atoms with Gasteiger partial charge in [-0.1, -0.05) is 6.42 Å². The third-order valence-electron chi connectivity index (χ3n) is 4.27. The van der Waals surface area contributed by atoms with Gasteiger partial charge < -0.3 is 18.9 Å². The summed E-state index contributed by atoms with van der Waals surface area (Å²) in [6.45, 7) is 1.43. The molecular formula is C21H20F4O5. The number of epoxide rings is 1. The first kappa shape index (κ1) is 21.9.